The van der Waals surface area contributed by atoms with E-state index in [-0.39, 0.29) is 5.09 Å². The summed E-state index contributed by atoms with van der Waals surface area (Å²) in [4.78, 5) is 0.699. The van der Waals surface area contributed by atoms with E-state index in [1.165, 1.54) is 6.08 Å². The average molecular weight is 166 g/mol. The molecule has 1 aromatic carbocycles. The Morgan fingerprint density at radius 1 is 1.27 bits per heavy atom. The van der Waals surface area contributed by atoms with Crippen LogP contribution in [-0.2, 0) is 10.8 Å². The molecule has 0 fully saturated rings. The van der Waals surface area contributed by atoms with Crippen LogP contribution in [0.2, 0.25) is 0 Å². The summed E-state index contributed by atoms with van der Waals surface area (Å²) in [5.41, 5.74) is 0.850. The van der Waals surface area contributed by atoms with Crippen molar-refractivity contribution < 1.29 is 9.32 Å². The van der Waals surface area contributed by atoms with E-state index in [0.717, 1.165) is 5.56 Å². The summed E-state index contributed by atoms with van der Waals surface area (Å²) >= 11 is 0. The zero-order chi connectivity index (χ0) is 7.84. The van der Waals surface area contributed by atoms with Gasteiger partial charge in [0.05, 0.1) is 4.90 Å². The van der Waals surface area contributed by atoms with E-state index < -0.39 is 10.8 Å². The second-order valence-corrected chi connectivity index (χ2v) is 3.68. The van der Waals surface area contributed by atoms with Gasteiger partial charge in [0.2, 0.25) is 0 Å². The van der Waals surface area contributed by atoms with Crippen LogP contribution in [0.15, 0.2) is 34.3 Å². The maximum atomic E-state index is 11.2. The summed E-state index contributed by atoms with van der Waals surface area (Å²) in [5, 5.41) is 9.03. The molecule has 1 aromatic rings. The molecule has 1 heterocycles. The van der Waals surface area contributed by atoms with Crippen molar-refractivity contribution in [2.24, 2.45) is 0 Å². The van der Waals surface area contributed by atoms with E-state index in [1.54, 1.807) is 6.07 Å². The first kappa shape index (κ1) is 6.61. The van der Waals surface area contributed by atoms with Crippen molar-refractivity contribution in [3.05, 3.63) is 34.9 Å². The second-order valence-electron chi connectivity index (χ2n) is 2.29. The fourth-order valence-electron chi connectivity index (χ4n) is 1.07. The van der Waals surface area contributed by atoms with Gasteiger partial charge in [-0.25, -0.2) is 4.21 Å². The minimum Gasteiger partial charge on any atom is -0.500 e. The smallest absolute Gasteiger partial charge is 0.186 e. The van der Waals surface area contributed by atoms with Crippen LogP contribution < -0.4 is 0 Å². The quantitative estimate of drug-likeness (QED) is 0.636. The molecule has 0 radical (unpaired) electrons. The summed E-state index contributed by atoms with van der Waals surface area (Å²) in [6.45, 7) is 0. The molecule has 0 aliphatic carbocycles. The lowest BCUT2D eigenvalue weighted by Gasteiger charge is -1.93. The summed E-state index contributed by atoms with van der Waals surface area (Å²) in [7, 11) is -1.33. The number of aliphatic hydroxyl groups excluding tert-OH is 1. The van der Waals surface area contributed by atoms with Crippen molar-refractivity contribution in [3.8, 4) is 0 Å². The van der Waals surface area contributed by atoms with Gasteiger partial charge in [-0.15, -0.1) is 0 Å². The molecule has 1 aliphatic rings. The maximum Gasteiger partial charge on any atom is 0.186 e. The lowest BCUT2D eigenvalue weighted by Crippen LogP contribution is -1.88. The van der Waals surface area contributed by atoms with Crippen molar-refractivity contribution in [2.75, 3.05) is 0 Å². The van der Waals surface area contributed by atoms with Crippen LogP contribution in [0.1, 0.15) is 5.56 Å². The van der Waals surface area contributed by atoms with E-state index in [2.05, 4.69) is 0 Å². The molecule has 56 valence electrons. The molecule has 0 spiro atoms. The van der Waals surface area contributed by atoms with Crippen molar-refractivity contribution >= 4 is 16.9 Å². The van der Waals surface area contributed by atoms with E-state index >= 15 is 0 Å². The SMILES string of the molecule is O=S1C(O)=Cc2ccccc21. The van der Waals surface area contributed by atoms with Crippen LogP contribution in [0.4, 0.5) is 0 Å². The van der Waals surface area contributed by atoms with E-state index in [9.17, 15) is 4.21 Å². The summed E-state index contributed by atoms with van der Waals surface area (Å²) in [5.74, 6) is 0. The zero-order valence-corrected chi connectivity index (χ0v) is 6.47. The van der Waals surface area contributed by atoms with Gasteiger partial charge in [0.15, 0.2) is 5.09 Å². The third-order valence-corrected chi connectivity index (χ3v) is 2.86. The molecule has 0 saturated heterocycles. The molecule has 2 rings (SSSR count). The topological polar surface area (TPSA) is 37.3 Å². The van der Waals surface area contributed by atoms with E-state index in [4.69, 9.17) is 5.11 Å². The molecule has 1 aliphatic heterocycles. The monoisotopic (exact) mass is 166 g/mol. The van der Waals surface area contributed by atoms with Gasteiger partial charge in [-0.2, -0.15) is 0 Å². The Morgan fingerprint density at radius 3 is 2.73 bits per heavy atom. The van der Waals surface area contributed by atoms with Crippen molar-refractivity contribution in [1.82, 2.24) is 0 Å². The van der Waals surface area contributed by atoms with Gasteiger partial charge >= 0.3 is 0 Å². The molecule has 0 amide bonds. The first-order valence-electron chi connectivity index (χ1n) is 3.20. The Balaban J connectivity index is 2.67. The molecule has 11 heavy (non-hydrogen) atoms. The van der Waals surface area contributed by atoms with Gasteiger partial charge in [-0.3, -0.25) is 0 Å². The van der Waals surface area contributed by atoms with Crippen LogP contribution in [0.3, 0.4) is 0 Å². The molecular formula is C8H6O2S. The standard InChI is InChI=1S/C8H6O2S/c9-8-5-6-3-1-2-4-7(6)11(8)10/h1-5,9H. The first-order valence-corrected chi connectivity index (χ1v) is 4.35. The van der Waals surface area contributed by atoms with Crippen molar-refractivity contribution in [2.45, 2.75) is 4.90 Å². The predicted molar refractivity (Wildman–Crippen MR) is 43.5 cm³/mol. The second kappa shape index (κ2) is 2.20. The first-order chi connectivity index (χ1) is 5.29. The number of rotatable bonds is 0. The molecule has 3 heteroatoms. The van der Waals surface area contributed by atoms with E-state index in [0.29, 0.717) is 4.90 Å². The summed E-state index contributed by atoms with van der Waals surface area (Å²) < 4.78 is 11.2. The Labute approximate surface area is 66.6 Å². The fraction of sp³-hybridized carbons (Fsp3) is 0. The number of hydrogen-bond acceptors (Lipinski definition) is 2. The number of fused-ring (bicyclic) bond motifs is 1. The molecular weight excluding hydrogens is 160 g/mol. The molecule has 0 saturated carbocycles. The normalized spacial score (nSPS) is 21.1. The highest BCUT2D eigenvalue weighted by atomic mass is 32.2. The minimum atomic E-state index is -1.33. The molecule has 2 nitrogen and oxygen atoms in total. The Hall–Kier alpha value is -1.09. The Morgan fingerprint density at radius 2 is 2.00 bits per heavy atom. The van der Waals surface area contributed by atoms with Gasteiger partial charge < -0.3 is 5.11 Å². The van der Waals surface area contributed by atoms with Crippen LogP contribution in [0.25, 0.3) is 6.08 Å². The molecule has 1 N–H and O–H groups in total. The minimum absolute atomic E-state index is 0.0498. The number of hydrogen-bond donors (Lipinski definition) is 1. The van der Waals surface area contributed by atoms with Crippen molar-refractivity contribution in [1.29, 1.82) is 0 Å². The molecule has 0 aromatic heterocycles. The Bertz CT molecular complexity index is 355. The predicted octanol–water partition coefficient (Wildman–Crippen LogP) is 1.66. The number of aliphatic hydroxyl groups is 1. The van der Waals surface area contributed by atoms with Gasteiger partial charge in [0.25, 0.3) is 0 Å². The molecule has 1 unspecified atom stereocenters. The molecule has 0 bridgehead atoms. The van der Waals surface area contributed by atoms with Crippen LogP contribution >= 0.6 is 0 Å². The van der Waals surface area contributed by atoms with Crippen LogP contribution in [-0.4, -0.2) is 9.32 Å². The van der Waals surface area contributed by atoms with Gasteiger partial charge in [-0.1, -0.05) is 18.2 Å². The van der Waals surface area contributed by atoms with Gasteiger partial charge in [-0.05, 0) is 17.7 Å². The average Bonchev–Trinajstić information content (AvgIpc) is 2.30. The Kier molecular flexibility index (Phi) is 1.32. The van der Waals surface area contributed by atoms with Gasteiger partial charge in [0, 0.05) is 0 Å². The highest BCUT2D eigenvalue weighted by Gasteiger charge is 2.18. The van der Waals surface area contributed by atoms with E-state index in [1.807, 2.05) is 18.2 Å². The van der Waals surface area contributed by atoms with Gasteiger partial charge in [0.1, 0.15) is 10.8 Å². The highest BCUT2D eigenvalue weighted by molar-refractivity contribution is 7.89. The summed E-state index contributed by atoms with van der Waals surface area (Å²) in [6, 6.07) is 7.25. The zero-order valence-electron chi connectivity index (χ0n) is 5.65. The van der Waals surface area contributed by atoms with Crippen molar-refractivity contribution in [3.63, 3.8) is 0 Å². The lowest BCUT2D eigenvalue weighted by molar-refractivity contribution is 0.456. The summed E-state index contributed by atoms with van der Waals surface area (Å²) in [6.07, 6.45) is 1.53. The third kappa shape index (κ3) is 0.886. The maximum absolute atomic E-state index is 11.2. The highest BCUT2D eigenvalue weighted by Crippen LogP contribution is 2.26. The third-order valence-electron chi connectivity index (χ3n) is 1.59. The largest absolute Gasteiger partial charge is 0.500 e. The van der Waals surface area contributed by atoms with Crippen LogP contribution in [0, 0.1) is 0 Å². The number of benzene rings is 1. The molecule has 1 atom stereocenters. The van der Waals surface area contributed by atoms with Crippen LogP contribution in [0.5, 0.6) is 0 Å². The fourth-order valence-corrected chi connectivity index (χ4v) is 2.07. The lowest BCUT2D eigenvalue weighted by atomic mass is 10.2.